The summed E-state index contributed by atoms with van der Waals surface area (Å²) < 4.78 is 11.3. The summed E-state index contributed by atoms with van der Waals surface area (Å²) in [6.07, 6.45) is 4.85. The smallest absolute Gasteiger partial charge is 0.161 e. The number of methoxy groups -OCH3 is 1. The molecule has 1 N–H and O–H groups in total. The molecule has 1 aromatic rings. The van der Waals surface area contributed by atoms with E-state index in [2.05, 4.69) is 42.3 Å². The van der Waals surface area contributed by atoms with E-state index in [4.69, 9.17) is 9.47 Å². The van der Waals surface area contributed by atoms with E-state index < -0.39 is 0 Å². The van der Waals surface area contributed by atoms with Gasteiger partial charge < -0.3 is 14.8 Å². The molecule has 0 amide bonds. The zero-order valence-corrected chi connectivity index (χ0v) is 16.9. The minimum Gasteiger partial charge on any atom is -0.493 e. The molecule has 1 atom stereocenters. The highest BCUT2D eigenvalue weighted by atomic mass is 35.5. The maximum Gasteiger partial charge on any atom is 0.161 e. The summed E-state index contributed by atoms with van der Waals surface area (Å²) in [5, 5.41) is 3.53. The molecule has 0 bridgehead atoms. The topological polar surface area (TPSA) is 33.7 Å². The van der Waals surface area contributed by atoms with Gasteiger partial charge in [-0.3, -0.25) is 4.90 Å². The summed E-state index contributed by atoms with van der Waals surface area (Å²) in [6, 6.07) is 6.36. The van der Waals surface area contributed by atoms with Gasteiger partial charge in [0.25, 0.3) is 0 Å². The van der Waals surface area contributed by atoms with E-state index >= 15 is 0 Å². The monoisotopic (exact) mass is 370 g/mol. The maximum atomic E-state index is 5.76. The van der Waals surface area contributed by atoms with Crippen molar-refractivity contribution in [3.8, 4) is 11.5 Å². The van der Waals surface area contributed by atoms with Crippen molar-refractivity contribution in [3.63, 3.8) is 0 Å². The largest absolute Gasteiger partial charge is 0.493 e. The van der Waals surface area contributed by atoms with Gasteiger partial charge in [-0.1, -0.05) is 19.9 Å². The third kappa shape index (κ3) is 7.43. The molecule has 4 nitrogen and oxygen atoms in total. The van der Waals surface area contributed by atoms with E-state index in [-0.39, 0.29) is 12.4 Å². The van der Waals surface area contributed by atoms with Crippen LogP contribution < -0.4 is 14.8 Å². The minimum absolute atomic E-state index is 0. The molecular formula is C20H35ClN2O2. The number of halogens is 1. The Bertz CT molecular complexity index is 479. The molecule has 1 aliphatic rings. The van der Waals surface area contributed by atoms with E-state index in [9.17, 15) is 0 Å². The third-order valence-corrected chi connectivity index (χ3v) is 4.55. The Morgan fingerprint density at radius 2 is 2.04 bits per heavy atom. The molecule has 25 heavy (non-hydrogen) atoms. The van der Waals surface area contributed by atoms with Crippen molar-refractivity contribution in [2.75, 3.05) is 39.9 Å². The van der Waals surface area contributed by atoms with Gasteiger partial charge in [-0.05, 0) is 68.9 Å². The Kier molecular flexibility index (Phi) is 10.9. The Hall–Kier alpha value is -0.970. The maximum absolute atomic E-state index is 5.76. The van der Waals surface area contributed by atoms with Gasteiger partial charge in [-0.25, -0.2) is 0 Å². The normalized spacial score (nSPS) is 17.2. The highest BCUT2D eigenvalue weighted by Gasteiger charge is 2.17. The molecule has 0 aromatic heterocycles. The Morgan fingerprint density at radius 1 is 1.20 bits per heavy atom. The molecule has 2 rings (SSSR count). The molecule has 0 spiro atoms. The van der Waals surface area contributed by atoms with Crippen LogP contribution in [-0.2, 0) is 6.54 Å². The zero-order chi connectivity index (χ0) is 17.2. The zero-order valence-electron chi connectivity index (χ0n) is 16.1. The van der Waals surface area contributed by atoms with Gasteiger partial charge in [0.1, 0.15) is 0 Å². The minimum atomic E-state index is 0. The van der Waals surface area contributed by atoms with Crippen molar-refractivity contribution in [1.82, 2.24) is 10.2 Å². The van der Waals surface area contributed by atoms with Crippen LogP contribution in [0.25, 0.3) is 0 Å². The number of hydrogen-bond acceptors (Lipinski definition) is 4. The van der Waals surface area contributed by atoms with E-state index in [0.29, 0.717) is 0 Å². The van der Waals surface area contributed by atoms with Gasteiger partial charge in [0, 0.05) is 13.1 Å². The lowest BCUT2D eigenvalue weighted by molar-refractivity contribution is 0.201. The molecular weight excluding hydrogens is 336 g/mol. The number of hydrogen-bond donors (Lipinski definition) is 1. The van der Waals surface area contributed by atoms with Crippen LogP contribution in [-0.4, -0.2) is 44.8 Å². The third-order valence-electron chi connectivity index (χ3n) is 4.55. The summed E-state index contributed by atoms with van der Waals surface area (Å²) in [5.74, 6) is 2.47. The van der Waals surface area contributed by atoms with Crippen molar-refractivity contribution in [2.45, 2.75) is 46.1 Å². The van der Waals surface area contributed by atoms with Crippen molar-refractivity contribution in [1.29, 1.82) is 0 Å². The van der Waals surface area contributed by atoms with Crippen LogP contribution in [0.3, 0.4) is 0 Å². The second kappa shape index (κ2) is 12.4. The van der Waals surface area contributed by atoms with E-state index in [0.717, 1.165) is 50.1 Å². The second-order valence-corrected chi connectivity index (χ2v) is 6.78. The molecule has 1 heterocycles. The lowest BCUT2D eigenvalue weighted by Gasteiger charge is -2.30. The number of rotatable bonds is 10. The molecule has 1 aliphatic heterocycles. The van der Waals surface area contributed by atoms with Crippen molar-refractivity contribution in [3.05, 3.63) is 23.8 Å². The predicted octanol–water partition coefficient (Wildman–Crippen LogP) is 4.12. The number of nitrogens with one attached hydrogen (secondary N) is 1. The van der Waals surface area contributed by atoms with Crippen LogP contribution in [0.5, 0.6) is 11.5 Å². The molecule has 5 heteroatoms. The van der Waals surface area contributed by atoms with E-state index in [1.807, 2.05) is 0 Å². The summed E-state index contributed by atoms with van der Waals surface area (Å²) in [4.78, 5) is 2.58. The van der Waals surface area contributed by atoms with E-state index in [1.54, 1.807) is 7.11 Å². The lowest BCUT2D eigenvalue weighted by atomic mass is 9.98. The molecule has 0 radical (unpaired) electrons. The lowest BCUT2D eigenvalue weighted by Crippen LogP contribution is -2.38. The van der Waals surface area contributed by atoms with Gasteiger partial charge in [0.15, 0.2) is 11.5 Å². The first kappa shape index (κ1) is 22.1. The standard InChI is InChI=1S/C20H34N2O2.ClH/c1-4-11-22(16-18-7-6-10-21-14-18)15-17-8-9-19(24-12-5-2)20(13-17)23-3;/h8-9,13,18,21H,4-7,10-12,14-16H2,1-3H3;1H. The quantitative estimate of drug-likeness (QED) is 0.671. The SMILES string of the molecule is CCCOc1ccc(CN(CCC)CC2CCCNC2)cc1OC.Cl. The van der Waals surface area contributed by atoms with Gasteiger partial charge >= 0.3 is 0 Å². The molecule has 1 saturated heterocycles. The summed E-state index contributed by atoms with van der Waals surface area (Å²) >= 11 is 0. The average molecular weight is 371 g/mol. The van der Waals surface area contributed by atoms with Crippen molar-refractivity contribution < 1.29 is 9.47 Å². The van der Waals surface area contributed by atoms with Crippen LogP contribution in [0.1, 0.15) is 45.1 Å². The van der Waals surface area contributed by atoms with Crippen LogP contribution in [0.15, 0.2) is 18.2 Å². The highest BCUT2D eigenvalue weighted by molar-refractivity contribution is 5.85. The molecule has 1 fully saturated rings. The average Bonchev–Trinajstić information content (AvgIpc) is 2.61. The number of benzene rings is 1. The van der Waals surface area contributed by atoms with Gasteiger partial charge in [0.2, 0.25) is 0 Å². The molecule has 1 unspecified atom stereocenters. The first-order valence-electron chi connectivity index (χ1n) is 9.49. The fraction of sp³-hybridized carbons (Fsp3) is 0.700. The molecule has 1 aromatic carbocycles. The van der Waals surface area contributed by atoms with Crippen LogP contribution >= 0.6 is 12.4 Å². The Balaban J connectivity index is 0.00000312. The number of ether oxygens (including phenoxy) is 2. The summed E-state index contributed by atoms with van der Waals surface area (Å²) in [7, 11) is 1.72. The second-order valence-electron chi connectivity index (χ2n) is 6.78. The first-order chi connectivity index (χ1) is 11.8. The number of piperidine rings is 1. The summed E-state index contributed by atoms with van der Waals surface area (Å²) in [5.41, 5.74) is 1.30. The van der Waals surface area contributed by atoms with Crippen molar-refractivity contribution >= 4 is 12.4 Å². The van der Waals surface area contributed by atoms with Crippen LogP contribution in [0.4, 0.5) is 0 Å². The van der Waals surface area contributed by atoms with Gasteiger partial charge in [0.05, 0.1) is 13.7 Å². The van der Waals surface area contributed by atoms with Gasteiger partial charge in [-0.15, -0.1) is 12.4 Å². The van der Waals surface area contributed by atoms with Gasteiger partial charge in [-0.2, -0.15) is 0 Å². The molecule has 144 valence electrons. The van der Waals surface area contributed by atoms with Crippen LogP contribution in [0, 0.1) is 5.92 Å². The molecule has 0 aliphatic carbocycles. The van der Waals surface area contributed by atoms with Crippen molar-refractivity contribution in [2.24, 2.45) is 5.92 Å². The van der Waals surface area contributed by atoms with E-state index in [1.165, 1.54) is 37.9 Å². The summed E-state index contributed by atoms with van der Waals surface area (Å²) in [6.45, 7) is 10.7. The first-order valence-corrected chi connectivity index (χ1v) is 9.49. The predicted molar refractivity (Wildman–Crippen MR) is 107 cm³/mol. The Morgan fingerprint density at radius 3 is 2.68 bits per heavy atom. The highest BCUT2D eigenvalue weighted by Crippen LogP contribution is 2.29. The van der Waals surface area contributed by atoms with Crippen LogP contribution in [0.2, 0.25) is 0 Å². The fourth-order valence-electron chi connectivity index (χ4n) is 3.40. The Labute approximate surface area is 159 Å². The fourth-order valence-corrected chi connectivity index (χ4v) is 3.40. The number of nitrogens with zero attached hydrogens (tertiary/aromatic N) is 1. The molecule has 0 saturated carbocycles.